The summed E-state index contributed by atoms with van der Waals surface area (Å²) in [5.41, 5.74) is 11.8. The summed E-state index contributed by atoms with van der Waals surface area (Å²) in [6.45, 7) is 1.80. The van der Waals surface area contributed by atoms with Crippen molar-refractivity contribution < 1.29 is 5.11 Å². The van der Waals surface area contributed by atoms with Crippen molar-refractivity contribution in [2.45, 2.75) is 13.0 Å². The molecule has 4 aromatic rings. The van der Waals surface area contributed by atoms with E-state index in [9.17, 15) is 5.11 Å². The number of hydrogen-bond donors (Lipinski definition) is 5. The van der Waals surface area contributed by atoms with Crippen molar-refractivity contribution in [3.8, 4) is 5.75 Å². The Morgan fingerprint density at radius 1 is 0.912 bits per heavy atom. The van der Waals surface area contributed by atoms with Crippen LogP contribution in [0.15, 0.2) is 79.4 Å². The third-order valence-electron chi connectivity index (χ3n) is 5.48. The van der Waals surface area contributed by atoms with E-state index < -0.39 is 0 Å². The van der Waals surface area contributed by atoms with Gasteiger partial charge in [-0.2, -0.15) is 0 Å². The maximum Gasteiger partial charge on any atom is 0.141 e. The van der Waals surface area contributed by atoms with Crippen LogP contribution >= 0.6 is 0 Å². The number of aryl methyl sites for hydroxylation is 1. The number of imidazole rings is 1. The first-order chi connectivity index (χ1) is 16.5. The summed E-state index contributed by atoms with van der Waals surface area (Å²) in [6, 6.07) is 19.4. The lowest BCUT2D eigenvalue weighted by Crippen LogP contribution is -2.08. The van der Waals surface area contributed by atoms with Gasteiger partial charge in [-0.25, -0.2) is 4.98 Å². The monoisotopic (exact) mass is 457 g/mol. The van der Waals surface area contributed by atoms with E-state index in [0.717, 1.165) is 42.3 Å². The fourth-order valence-corrected chi connectivity index (χ4v) is 3.55. The van der Waals surface area contributed by atoms with E-state index in [1.807, 2.05) is 86.1 Å². The number of nitrogens with zero attached hydrogens (tertiary/aromatic N) is 3. The standard InChI is InChI=1S/C26H31N7O/c1-32(2)22-10-8-21(9-11-22)30-24-17-25(26(34)16-23(24)27)31-20-6-4-19(5-7-20)29-12-3-14-33-15-13-28-18-33/h4-11,13,15-18,29-31,34H,3,12,14,27H2,1-2H3. The Balaban J connectivity index is 1.37. The molecule has 1 heterocycles. The molecule has 176 valence electrons. The van der Waals surface area contributed by atoms with E-state index in [1.165, 1.54) is 0 Å². The number of phenolic OH excluding ortho intramolecular Hbond substituents is 1. The molecule has 0 amide bonds. The molecule has 8 heteroatoms. The molecular weight excluding hydrogens is 426 g/mol. The molecule has 0 saturated heterocycles. The minimum atomic E-state index is 0.0905. The number of benzene rings is 3. The second-order valence-corrected chi connectivity index (χ2v) is 8.31. The highest BCUT2D eigenvalue weighted by Gasteiger charge is 2.09. The molecular formula is C26H31N7O. The topological polar surface area (TPSA) is 103 Å². The van der Waals surface area contributed by atoms with E-state index in [-0.39, 0.29) is 5.75 Å². The van der Waals surface area contributed by atoms with Crippen molar-refractivity contribution in [2.75, 3.05) is 47.2 Å². The first-order valence-corrected chi connectivity index (χ1v) is 11.2. The molecule has 0 fully saturated rings. The molecule has 0 atom stereocenters. The van der Waals surface area contributed by atoms with E-state index in [2.05, 4.69) is 25.5 Å². The van der Waals surface area contributed by atoms with Crippen molar-refractivity contribution in [1.82, 2.24) is 9.55 Å². The molecule has 0 aliphatic heterocycles. The highest BCUT2D eigenvalue weighted by Crippen LogP contribution is 2.36. The molecule has 0 bridgehead atoms. The van der Waals surface area contributed by atoms with Crippen LogP contribution in [-0.2, 0) is 6.54 Å². The van der Waals surface area contributed by atoms with E-state index in [4.69, 9.17) is 5.73 Å². The summed E-state index contributed by atoms with van der Waals surface area (Å²) in [5, 5.41) is 20.4. The Bertz CT molecular complexity index is 1190. The Morgan fingerprint density at radius 3 is 2.21 bits per heavy atom. The zero-order chi connectivity index (χ0) is 23.9. The van der Waals surface area contributed by atoms with Crippen LogP contribution in [-0.4, -0.2) is 35.3 Å². The van der Waals surface area contributed by atoms with Crippen molar-refractivity contribution in [2.24, 2.45) is 0 Å². The van der Waals surface area contributed by atoms with Gasteiger partial charge in [0.15, 0.2) is 0 Å². The molecule has 1 aromatic heterocycles. The highest BCUT2D eigenvalue weighted by molar-refractivity contribution is 5.82. The van der Waals surface area contributed by atoms with Gasteiger partial charge in [0.2, 0.25) is 0 Å². The summed E-state index contributed by atoms with van der Waals surface area (Å²) >= 11 is 0. The average molecular weight is 458 g/mol. The highest BCUT2D eigenvalue weighted by atomic mass is 16.3. The van der Waals surface area contributed by atoms with E-state index >= 15 is 0 Å². The zero-order valence-corrected chi connectivity index (χ0v) is 19.5. The SMILES string of the molecule is CN(C)c1ccc(Nc2cc(Nc3ccc(NCCCn4ccnc4)cc3)c(O)cc2N)cc1. The fourth-order valence-electron chi connectivity index (χ4n) is 3.55. The number of nitrogens with two attached hydrogens (primary N) is 1. The molecule has 0 spiro atoms. The molecule has 0 saturated carbocycles. The van der Waals surface area contributed by atoms with Crippen LogP contribution in [0.25, 0.3) is 0 Å². The average Bonchev–Trinajstić information content (AvgIpc) is 3.35. The van der Waals surface area contributed by atoms with Crippen molar-refractivity contribution >= 4 is 39.8 Å². The van der Waals surface area contributed by atoms with Gasteiger partial charge < -0.3 is 36.3 Å². The lowest BCUT2D eigenvalue weighted by atomic mass is 10.2. The minimum absolute atomic E-state index is 0.0905. The largest absolute Gasteiger partial charge is 0.506 e. The number of anilines is 7. The van der Waals surface area contributed by atoms with Gasteiger partial charge in [-0.15, -0.1) is 0 Å². The van der Waals surface area contributed by atoms with Gasteiger partial charge in [0.25, 0.3) is 0 Å². The summed E-state index contributed by atoms with van der Waals surface area (Å²) in [7, 11) is 4.01. The minimum Gasteiger partial charge on any atom is -0.506 e. The lowest BCUT2D eigenvalue weighted by Gasteiger charge is -2.16. The first-order valence-electron chi connectivity index (χ1n) is 11.2. The zero-order valence-electron chi connectivity index (χ0n) is 19.5. The smallest absolute Gasteiger partial charge is 0.141 e. The third kappa shape index (κ3) is 5.92. The van der Waals surface area contributed by atoms with Crippen LogP contribution in [0.4, 0.5) is 39.8 Å². The summed E-state index contributed by atoms with van der Waals surface area (Å²) in [4.78, 5) is 6.10. The molecule has 6 N–H and O–H groups in total. The Morgan fingerprint density at radius 2 is 1.56 bits per heavy atom. The molecule has 8 nitrogen and oxygen atoms in total. The van der Waals surface area contributed by atoms with Gasteiger partial charge >= 0.3 is 0 Å². The summed E-state index contributed by atoms with van der Waals surface area (Å²) in [6.07, 6.45) is 6.59. The molecule has 34 heavy (non-hydrogen) atoms. The van der Waals surface area contributed by atoms with Crippen molar-refractivity contribution in [1.29, 1.82) is 0 Å². The van der Waals surface area contributed by atoms with Crippen LogP contribution in [0.5, 0.6) is 5.75 Å². The maximum absolute atomic E-state index is 10.4. The van der Waals surface area contributed by atoms with Crippen LogP contribution in [0.3, 0.4) is 0 Å². The maximum atomic E-state index is 10.4. The molecule has 4 rings (SSSR count). The van der Waals surface area contributed by atoms with Gasteiger partial charge in [0.1, 0.15) is 5.75 Å². The van der Waals surface area contributed by atoms with Crippen molar-refractivity contribution in [3.63, 3.8) is 0 Å². The van der Waals surface area contributed by atoms with Crippen LogP contribution in [0.1, 0.15) is 6.42 Å². The Labute approximate surface area is 200 Å². The fraction of sp³-hybridized carbons (Fsp3) is 0.192. The normalized spacial score (nSPS) is 10.6. The third-order valence-corrected chi connectivity index (χ3v) is 5.48. The summed E-state index contributed by atoms with van der Waals surface area (Å²) < 4.78 is 2.07. The van der Waals surface area contributed by atoms with Crippen LogP contribution < -0.4 is 26.6 Å². The predicted octanol–water partition coefficient (Wildman–Crippen LogP) is 5.23. The van der Waals surface area contributed by atoms with Crippen LogP contribution in [0.2, 0.25) is 0 Å². The lowest BCUT2D eigenvalue weighted by molar-refractivity contribution is 0.478. The van der Waals surface area contributed by atoms with Crippen LogP contribution in [0, 0.1) is 0 Å². The molecule has 0 radical (unpaired) electrons. The molecule has 0 aliphatic rings. The number of nitrogens with one attached hydrogen (secondary N) is 3. The predicted molar refractivity (Wildman–Crippen MR) is 142 cm³/mol. The Hall–Kier alpha value is -4.33. The quantitative estimate of drug-likeness (QED) is 0.0962. The second kappa shape index (κ2) is 10.5. The number of rotatable bonds is 10. The van der Waals surface area contributed by atoms with Gasteiger partial charge in [0.05, 0.1) is 23.4 Å². The molecule has 0 aliphatic carbocycles. The number of hydrogen-bond acceptors (Lipinski definition) is 7. The number of nitrogen functional groups attached to an aromatic ring is 1. The van der Waals surface area contributed by atoms with Gasteiger partial charge in [-0.1, -0.05) is 0 Å². The number of phenols is 1. The van der Waals surface area contributed by atoms with Crippen molar-refractivity contribution in [3.05, 3.63) is 79.4 Å². The number of aromatic hydroxyl groups is 1. The van der Waals surface area contributed by atoms with Gasteiger partial charge in [0, 0.05) is 68.4 Å². The van der Waals surface area contributed by atoms with E-state index in [1.54, 1.807) is 12.3 Å². The second-order valence-electron chi connectivity index (χ2n) is 8.31. The number of aromatic nitrogens is 2. The Kier molecular flexibility index (Phi) is 7.07. The molecule has 0 unspecified atom stereocenters. The van der Waals surface area contributed by atoms with E-state index in [0.29, 0.717) is 17.1 Å². The first kappa shape index (κ1) is 22.8. The van der Waals surface area contributed by atoms with Gasteiger partial charge in [-0.05, 0) is 61.0 Å². The molecule has 3 aromatic carbocycles. The van der Waals surface area contributed by atoms with Gasteiger partial charge in [-0.3, -0.25) is 0 Å². The summed E-state index contributed by atoms with van der Waals surface area (Å²) in [5.74, 6) is 0.0905.